The van der Waals surface area contributed by atoms with Crippen LogP contribution in [0.25, 0.3) is 5.65 Å². The summed E-state index contributed by atoms with van der Waals surface area (Å²) in [5, 5.41) is 8.74. The molecule has 0 aromatic carbocycles. The maximum atomic E-state index is 10.7. The predicted octanol–water partition coefficient (Wildman–Crippen LogP) is 2.27. The normalized spacial score (nSPS) is 15.1. The minimum absolute atomic E-state index is 0.170. The van der Waals surface area contributed by atoms with Gasteiger partial charge in [-0.25, -0.2) is 14.8 Å². The molecule has 7 nitrogen and oxygen atoms in total. The number of carbonyl (C=O) groups is 1. The van der Waals surface area contributed by atoms with E-state index in [9.17, 15) is 4.79 Å². The first-order valence-electron chi connectivity index (χ1n) is 6.52. The first kappa shape index (κ1) is 12.7. The molecule has 1 aliphatic rings. The monoisotopic (exact) mass is 277 g/mol. The van der Waals surface area contributed by atoms with Gasteiger partial charge in [0.15, 0.2) is 0 Å². The lowest BCUT2D eigenvalue weighted by Gasteiger charge is -2.24. The van der Waals surface area contributed by atoms with Crippen LogP contribution in [0.3, 0.4) is 0 Å². The van der Waals surface area contributed by atoms with Crippen LogP contribution in [-0.4, -0.2) is 32.2 Å². The molecule has 3 rings (SSSR count). The highest BCUT2D eigenvalue weighted by Gasteiger charge is 2.21. The van der Waals surface area contributed by atoms with Gasteiger partial charge in [0.1, 0.15) is 5.69 Å². The van der Waals surface area contributed by atoms with Gasteiger partial charge in [-0.05, 0) is 25.7 Å². The van der Waals surface area contributed by atoms with Crippen LogP contribution in [0.5, 0.6) is 11.8 Å². The Morgan fingerprint density at radius 1 is 1.55 bits per heavy atom. The highest BCUT2D eigenvalue weighted by molar-refractivity contribution is 5.63. The summed E-state index contributed by atoms with van der Waals surface area (Å²) < 4.78 is 12.0. The number of nitrogens with zero attached hydrogens (tertiary/aromatic N) is 3. The molecule has 0 amide bonds. The third-order valence-corrected chi connectivity index (χ3v) is 3.49. The van der Waals surface area contributed by atoms with E-state index < -0.39 is 6.16 Å². The van der Waals surface area contributed by atoms with Gasteiger partial charge in [0, 0.05) is 12.4 Å². The van der Waals surface area contributed by atoms with Crippen molar-refractivity contribution < 1.29 is 19.4 Å². The Hall–Kier alpha value is -2.31. The minimum atomic E-state index is -1.37. The van der Waals surface area contributed by atoms with Crippen LogP contribution in [0.4, 0.5) is 4.79 Å². The Kier molecular flexibility index (Phi) is 3.17. The Bertz CT molecular complexity index is 648. The summed E-state index contributed by atoms with van der Waals surface area (Å²) in [4.78, 5) is 19.1. The number of rotatable bonds is 4. The minimum Gasteiger partial charge on any atom is -0.475 e. The van der Waals surface area contributed by atoms with Crippen molar-refractivity contribution in [3.05, 3.63) is 18.1 Å². The number of aromatic nitrogens is 3. The second-order valence-electron chi connectivity index (χ2n) is 4.90. The van der Waals surface area contributed by atoms with Gasteiger partial charge in [0.05, 0.1) is 6.61 Å². The first-order chi connectivity index (χ1) is 9.65. The van der Waals surface area contributed by atoms with E-state index in [1.54, 1.807) is 19.3 Å². The fourth-order valence-electron chi connectivity index (χ4n) is 2.21. The van der Waals surface area contributed by atoms with Crippen molar-refractivity contribution in [3.63, 3.8) is 0 Å². The molecule has 7 heteroatoms. The third-order valence-electron chi connectivity index (χ3n) is 3.49. The summed E-state index contributed by atoms with van der Waals surface area (Å²) in [5.41, 5.74) is 0.953. The molecule has 0 bridgehead atoms. The van der Waals surface area contributed by atoms with Crippen molar-refractivity contribution in [2.75, 3.05) is 6.61 Å². The summed E-state index contributed by atoms with van der Waals surface area (Å²) in [7, 11) is 0. The van der Waals surface area contributed by atoms with Gasteiger partial charge in [0.2, 0.25) is 11.5 Å². The first-order valence-corrected chi connectivity index (χ1v) is 6.52. The number of hydrogen-bond acceptors (Lipinski definition) is 5. The van der Waals surface area contributed by atoms with Crippen LogP contribution < -0.4 is 9.47 Å². The van der Waals surface area contributed by atoms with Crippen molar-refractivity contribution in [1.29, 1.82) is 0 Å². The second-order valence-corrected chi connectivity index (χ2v) is 4.90. The number of aryl methyl sites for hydroxylation is 1. The summed E-state index contributed by atoms with van der Waals surface area (Å²) in [5.74, 6) is 1.16. The lowest BCUT2D eigenvalue weighted by atomic mass is 9.86. The van der Waals surface area contributed by atoms with E-state index in [0.29, 0.717) is 29.7 Å². The number of fused-ring (bicyclic) bond motifs is 1. The van der Waals surface area contributed by atoms with Gasteiger partial charge >= 0.3 is 6.16 Å². The molecule has 2 aromatic heterocycles. The average molecular weight is 277 g/mol. The smallest absolute Gasteiger partial charge is 0.475 e. The van der Waals surface area contributed by atoms with Gasteiger partial charge in [-0.2, -0.15) is 0 Å². The van der Waals surface area contributed by atoms with Crippen molar-refractivity contribution >= 4 is 11.8 Å². The molecular formula is C13H15N3O4. The molecule has 2 aromatic rings. The molecule has 0 atom stereocenters. The van der Waals surface area contributed by atoms with Gasteiger partial charge in [-0.15, -0.1) is 0 Å². The molecule has 0 unspecified atom stereocenters. The van der Waals surface area contributed by atoms with Crippen LogP contribution in [0.15, 0.2) is 12.4 Å². The Labute approximate surface area is 115 Å². The van der Waals surface area contributed by atoms with Crippen molar-refractivity contribution in [3.8, 4) is 11.8 Å². The Balaban J connectivity index is 1.90. The summed E-state index contributed by atoms with van der Waals surface area (Å²) in [6.07, 6.45) is 5.39. The van der Waals surface area contributed by atoms with Gasteiger partial charge in [-0.3, -0.25) is 4.40 Å². The SMILES string of the molecule is Cc1nc2c(OCC3CCC3)nccn2c1OC(=O)O. The van der Waals surface area contributed by atoms with Crippen molar-refractivity contribution in [1.82, 2.24) is 14.4 Å². The van der Waals surface area contributed by atoms with E-state index in [0.717, 1.165) is 0 Å². The largest absolute Gasteiger partial charge is 0.512 e. The maximum Gasteiger partial charge on any atom is 0.512 e. The fraction of sp³-hybridized carbons (Fsp3) is 0.462. The lowest BCUT2D eigenvalue weighted by Crippen LogP contribution is -2.19. The summed E-state index contributed by atoms with van der Waals surface area (Å²) in [6.45, 7) is 2.30. The molecule has 0 saturated heterocycles. The zero-order chi connectivity index (χ0) is 14.1. The third kappa shape index (κ3) is 2.26. The van der Waals surface area contributed by atoms with Crippen LogP contribution in [0.2, 0.25) is 0 Å². The average Bonchev–Trinajstić information content (AvgIpc) is 2.65. The second kappa shape index (κ2) is 4.99. The lowest BCUT2D eigenvalue weighted by molar-refractivity contribution is 0.141. The number of imidazole rings is 1. The number of hydrogen-bond donors (Lipinski definition) is 1. The van der Waals surface area contributed by atoms with Gasteiger partial charge in [-0.1, -0.05) is 6.42 Å². The summed E-state index contributed by atoms with van der Waals surface area (Å²) >= 11 is 0. The van der Waals surface area contributed by atoms with Crippen LogP contribution in [-0.2, 0) is 0 Å². The molecular weight excluding hydrogens is 262 g/mol. The zero-order valence-electron chi connectivity index (χ0n) is 11.1. The molecule has 1 fully saturated rings. The van der Waals surface area contributed by atoms with Crippen LogP contribution >= 0.6 is 0 Å². The number of carboxylic acid groups (broad SMARTS) is 1. The van der Waals surface area contributed by atoms with E-state index in [1.165, 1.54) is 23.7 Å². The molecule has 0 spiro atoms. The zero-order valence-corrected chi connectivity index (χ0v) is 11.1. The molecule has 20 heavy (non-hydrogen) atoms. The van der Waals surface area contributed by atoms with Gasteiger partial charge < -0.3 is 14.6 Å². The van der Waals surface area contributed by atoms with E-state index in [2.05, 4.69) is 9.97 Å². The fourth-order valence-corrected chi connectivity index (χ4v) is 2.21. The summed E-state index contributed by atoms with van der Waals surface area (Å²) in [6, 6.07) is 0. The molecule has 0 radical (unpaired) electrons. The standard InChI is InChI=1S/C13H15N3O4/c1-8-12(20-13(17)18)16-6-5-14-11(10(16)15-8)19-7-9-3-2-4-9/h5-6,9H,2-4,7H2,1H3,(H,17,18). The van der Waals surface area contributed by atoms with Crippen molar-refractivity contribution in [2.45, 2.75) is 26.2 Å². The van der Waals surface area contributed by atoms with E-state index in [4.69, 9.17) is 14.6 Å². The van der Waals surface area contributed by atoms with E-state index in [-0.39, 0.29) is 5.88 Å². The molecule has 1 aliphatic carbocycles. The molecule has 1 saturated carbocycles. The van der Waals surface area contributed by atoms with Crippen molar-refractivity contribution in [2.24, 2.45) is 5.92 Å². The number of ether oxygens (including phenoxy) is 2. The van der Waals surface area contributed by atoms with E-state index in [1.807, 2.05) is 0 Å². The van der Waals surface area contributed by atoms with Gasteiger partial charge in [0.25, 0.3) is 5.88 Å². The highest BCUT2D eigenvalue weighted by Crippen LogP contribution is 2.29. The van der Waals surface area contributed by atoms with Crippen LogP contribution in [0.1, 0.15) is 25.0 Å². The maximum absolute atomic E-state index is 10.7. The molecule has 0 aliphatic heterocycles. The Morgan fingerprint density at radius 3 is 3.00 bits per heavy atom. The van der Waals surface area contributed by atoms with E-state index >= 15 is 0 Å². The molecule has 1 N–H and O–H groups in total. The quantitative estimate of drug-likeness (QED) is 0.863. The highest BCUT2D eigenvalue weighted by atomic mass is 16.7. The topological polar surface area (TPSA) is 86.0 Å². The predicted molar refractivity (Wildman–Crippen MR) is 69.2 cm³/mol. The molecule has 106 valence electrons. The molecule has 2 heterocycles. The van der Waals surface area contributed by atoms with Crippen LogP contribution in [0, 0.1) is 12.8 Å². The Morgan fingerprint density at radius 2 is 2.35 bits per heavy atom.